The highest BCUT2D eigenvalue weighted by Gasteiger charge is 2.15. The molecule has 0 aliphatic carbocycles. The maximum absolute atomic E-state index is 13.5. The Balaban J connectivity index is 2.31. The minimum absolute atomic E-state index is 0.0531. The number of carbonyl (C=O) groups excluding carboxylic acids is 1. The van der Waals surface area contributed by atoms with Gasteiger partial charge in [0, 0.05) is 11.1 Å². The highest BCUT2D eigenvalue weighted by Crippen LogP contribution is 2.23. The molecule has 0 unspecified atom stereocenters. The van der Waals surface area contributed by atoms with Crippen LogP contribution in [-0.4, -0.2) is 5.78 Å². The Hall–Kier alpha value is -1.96. The summed E-state index contributed by atoms with van der Waals surface area (Å²) in [6.07, 6.45) is 0. The Bertz CT molecular complexity index is 633. The molecule has 0 aliphatic rings. The molecule has 104 valence electrons. The minimum Gasteiger partial charge on any atom is -0.289 e. The van der Waals surface area contributed by atoms with Crippen molar-refractivity contribution in [2.75, 3.05) is 0 Å². The van der Waals surface area contributed by atoms with Gasteiger partial charge in [-0.15, -0.1) is 0 Å². The summed E-state index contributed by atoms with van der Waals surface area (Å²) in [5.41, 5.74) is 2.74. The van der Waals surface area contributed by atoms with Gasteiger partial charge in [0.1, 0.15) is 5.82 Å². The van der Waals surface area contributed by atoms with E-state index >= 15 is 0 Å². The number of aryl methyl sites for hydroxylation is 1. The Labute approximate surface area is 119 Å². The summed E-state index contributed by atoms with van der Waals surface area (Å²) in [5, 5.41) is 0. The maximum atomic E-state index is 13.5. The Kier molecular flexibility index (Phi) is 3.76. The first kappa shape index (κ1) is 14.4. The topological polar surface area (TPSA) is 17.1 Å². The number of carbonyl (C=O) groups is 1. The van der Waals surface area contributed by atoms with Crippen molar-refractivity contribution in [3.63, 3.8) is 0 Å². The molecular weight excluding hydrogens is 251 g/mol. The summed E-state index contributed by atoms with van der Waals surface area (Å²) in [6, 6.07) is 12.1. The summed E-state index contributed by atoms with van der Waals surface area (Å²) < 4.78 is 13.5. The molecule has 2 aromatic rings. The minimum atomic E-state index is -0.345. The lowest BCUT2D eigenvalue weighted by Crippen LogP contribution is -2.11. The average molecular weight is 270 g/mol. The van der Waals surface area contributed by atoms with Gasteiger partial charge in [0.05, 0.1) is 0 Å². The molecule has 0 atom stereocenters. The number of rotatable bonds is 2. The van der Waals surface area contributed by atoms with E-state index in [1.54, 1.807) is 31.2 Å². The molecule has 0 aliphatic heterocycles. The van der Waals surface area contributed by atoms with Gasteiger partial charge in [-0.3, -0.25) is 4.79 Å². The van der Waals surface area contributed by atoms with Gasteiger partial charge in [0.15, 0.2) is 5.78 Å². The van der Waals surface area contributed by atoms with Crippen LogP contribution in [0.4, 0.5) is 4.39 Å². The molecule has 1 nitrogen and oxygen atoms in total. The van der Waals surface area contributed by atoms with E-state index in [-0.39, 0.29) is 17.0 Å². The lowest BCUT2D eigenvalue weighted by molar-refractivity contribution is 0.103. The zero-order chi connectivity index (χ0) is 14.9. The third kappa shape index (κ3) is 2.96. The lowest BCUT2D eigenvalue weighted by atomic mass is 9.86. The molecule has 0 fully saturated rings. The zero-order valence-electron chi connectivity index (χ0n) is 12.3. The number of benzene rings is 2. The fraction of sp³-hybridized carbons (Fsp3) is 0.278. The van der Waals surface area contributed by atoms with Crippen molar-refractivity contribution in [2.45, 2.75) is 33.1 Å². The van der Waals surface area contributed by atoms with E-state index in [9.17, 15) is 9.18 Å². The first-order chi connectivity index (χ1) is 9.29. The average Bonchev–Trinajstić information content (AvgIpc) is 2.40. The standard InChI is InChI=1S/C18H19FO/c1-12-5-6-14(11-16(12)19)17(20)13-7-9-15(10-8-13)18(2,3)4/h5-11H,1-4H3. The lowest BCUT2D eigenvalue weighted by Gasteiger charge is -2.19. The van der Waals surface area contributed by atoms with Crippen molar-refractivity contribution < 1.29 is 9.18 Å². The van der Waals surface area contributed by atoms with Gasteiger partial charge >= 0.3 is 0 Å². The van der Waals surface area contributed by atoms with Crippen LogP contribution in [0, 0.1) is 12.7 Å². The molecule has 0 spiro atoms. The smallest absolute Gasteiger partial charge is 0.193 e. The first-order valence-electron chi connectivity index (χ1n) is 6.70. The third-order valence-corrected chi connectivity index (χ3v) is 3.45. The van der Waals surface area contributed by atoms with Gasteiger partial charge in [-0.25, -0.2) is 4.39 Å². The molecule has 0 amide bonds. The van der Waals surface area contributed by atoms with Crippen molar-refractivity contribution in [3.05, 3.63) is 70.5 Å². The Morgan fingerprint density at radius 3 is 2.00 bits per heavy atom. The quantitative estimate of drug-likeness (QED) is 0.725. The van der Waals surface area contributed by atoms with E-state index < -0.39 is 0 Å². The molecule has 2 rings (SSSR count). The van der Waals surface area contributed by atoms with Gasteiger partial charge in [0.25, 0.3) is 0 Å². The van der Waals surface area contributed by atoms with Crippen molar-refractivity contribution in [1.29, 1.82) is 0 Å². The van der Waals surface area contributed by atoms with Crippen LogP contribution in [0.15, 0.2) is 42.5 Å². The highest BCUT2D eigenvalue weighted by atomic mass is 19.1. The second-order valence-electron chi connectivity index (χ2n) is 6.12. The normalized spacial score (nSPS) is 11.4. The van der Waals surface area contributed by atoms with Gasteiger partial charge in [0.2, 0.25) is 0 Å². The van der Waals surface area contributed by atoms with E-state index in [4.69, 9.17) is 0 Å². The highest BCUT2D eigenvalue weighted by molar-refractivity contribution is 6.09. The molecule has 20 heavy (non-hydrogen) atoms. The van der Waals surface area contributed by atoms with Crippen LogP contribution >= 0.6 is 0 Å². The van der Waals surface area contributed by atoms with Crippen LogP contribution in [-0.2, 0) is 5.41 Å². The molecule has 0 saturated heterocycles. The largest absolute Gasteiger partial charge is 0.289 e. The Morgan fingerprint density at radius 2 is 1.50 bits per heavy atom. The fourth-order valence-electron chi connectivity index (χ4n) is 2.02. The molecule has 2 heteroatoms. The first-order valence-corrected chi connectivity index (χ1v) is 6.70. The molecule has 0 heterocycles. The van der Waals surface area contributed by atoms with E-state index in [0.29, 0.717) is 16.7 Å². The van der Waals surface area contributed by atoms with Gasteiger partial charge < -0.3 is 0 Å². The van der Waals surface area contributed by atoms with E-state index in [1.807, 2.05) is 12.1 Å². The second kappa shape index (κ2) is 5.20. The van der Waals surface area contributed by atoms with Crippen LogP contribution in [0.5, 0.6) is 0 Å². The molecule has 0 radical (unpaired) electrons. The third-order valence-electron chi connectivity index (χ3n) is 3.45. The number of halogens is 1. The van der Waals surface area contributed by atoms with E-state index in [2.05, 4.69) is 20.8 Å². The Morgan fingerprint density at radius 1 is 0.950 bits per heavy atom. The van der Waals surface area contributed by atoms with Crippen LogP contribution in [0.2, 0.25) is 0 Å². The van der Waals surface area contributed by atoms with Crippen LogP contribution in [0.1, 0.15) is 47.8 Å². The molecule has 0 saturated carbocycles. The summed E-state index contributed by atoms with van der Waals surface area (Å²) in [4.78, 5) is 12.3. The maximum Gasteiger partial charge on any atom is 0.193 e. The summed E-state index contributed by atoms with van der Waals surface area (Å²) in [6.45, 7) is 8.05. The van der Waals surface area contributed by atoms with E-state index in [1.165, 1.54) is 11.6 Å². The number of hydrogen-bond acceptors (Lipinski definition) is 1. The number of hydrogen-bond donors (Lipinski definition) is 0. The molecule has 0 N–H and O–H groups in total. The molecule has 2 aromatic carbocycles. The predicted octanol–water partition coefficient (Wildman–Crippen LogP) is 4.66. The molecule has 0 aromatic heterocycles. The van der Waals surface area contributed by atoms with Gasteiger partial charge in [-0.05, 0) is 29.5 Å². The zero-order valence-corrected chi connectivity index (χ0v) is 12.3. The SMILES string of the molecule is Cc1ccc(C(=O)c2ccc(C(C)(C)C)cc2)cc1F. The van der Waals surface area contributed by atoms with Crippen LogP contribution < -0.4 is 0 Å². The van der Waals surface area contributed by atoms with Crippen LogP contribution in [0.3, 0.4) is 0 Å². The van der Waals surface area contributed by atoms with E-state index in [0.717, 1.165) is 0 Å². The monoisotopic (exact) mass is 270 g/mol. The fourth-order valence-corrected chi connectivity index (χ4v) is 2.02. The van der Waals surface area contributed by atoms with Gasteiger partial charge in [-0.2, -0.15) is 0 Å². The van der Waals surface area contributed by atoms with Gasteiger partial charge in [-0.1, -0.05) is 57.2 Å². The number of ketones is 1. The predicted molar refractivity (Wildman–Crippen MR) is 79.7 cm³/mol. The summed E-state index contributed by atoms with van der Waals surface area (Å²) in [7, 11) is 0. The van der Waals surface area contributed by atoms with Crippen LogP contribution in [0.25, 0.3) is 0 Å². The molecular formula is C18H19FO. The van der Waals surface area contributed by atoms with Crippen molar-refractivity contribution >= 4 is 5.78 Å². The summed E-state index contributed by atoms with van der Waals surface area (Å²) in [5.74, 6) is -0.494. The van der Waals surface area contributed by atoms with Crippen molar-refractivity contribution in [2.24, 2.45) is 0 Å². The second-order valence-corrected chi connectivity index (χ2v) is 6.12. The van der Waals surface area contributed by atoms with Crippen molar-refractivity contribution in [3.8, 4) is 0 Å². The van der Waals surface area contributed by atoms with Crippen molar-refractivity contribution in [1.82, 2.24) is 0 Å². The molecule has 0 bridgehead atoms. The summed E-state index contributed by atoms with van der Waals surface area (Å²) >= 11 is 0.